The van der Waals surface area contributed by atoms with E-state index in [1.54, 1.807) is 6.08 Å². The van der Waals surface area contributed by atoms with Gasteiger partial charge in [-0.25, -0.2) is 0 Å². The predicted molar refractivity (Wildman–Crippen MR) is 57.6 cm³/mol. The Hall–Kier alpha value is -1.57. The molecule has 0 heterocycles. The number of hydrogen-bond acceptors (Lipinski definition) is 1. The van der Waals surface area contributed by atoms with Gasteiger partial charge in [-0.3, -0.25) is 4.79 Å². The molecule has 2 nitrogen and oxygen atoms in total. The molecule has 0 radical (unpaired) electrons. The first-order valence-corrected chi connectivity index (χ1v) is 4.29. The molecule has 0 atom stereocenters. The minimum Gasteiger partial charge on any atom is -0.329 e. The lowest BCUT2D eigenvalue weighted by molar-refractivity contribution is -0.105. The fourth-order valence-corrected chi connectivity index (χ4v) is 0.783. The minimum atomic E-state index is 0.656. The third kappa shape index (κ3) is 4.11. The van der Waals surface area contributed by atoms with Crippen molar-refractivity contribution in [2.75, 3.05) is 5.32 Å². The molecule has 0 spiro atoms. The number of hydrogen-bond donors (Lipinski definition) is 1. The Labute approximate surface area is 79.3 Å². The lowest BCUT2D eigenvalue weighted by Gasteiger charge is -1.97. The van der Waals surface area contributed by atoms with E-state index < -0.39 is 0 Å². The number of carbonyl (C=O) groups is 1. The maximum absolute atomic E-state index is 10.00. The van der Waals surface area contributed by atoms with Crippen molar-refractivity contribution in [3.05, 3.63) is 36.4 Å². The van der Waals surface area contributed by atoms with Crippen molar-refractivity contribution in [3.8, 4) is 0 Å². The van der Waals surface area contributed by atoms with Crippen LogP contribution in [0.4, 0.5) is 5.69 Å². The minimum absolute atomic E-state index is 0.656. The van der Waals surface area contributed by atoms with Crippen molar-refractivity contribution in [3.63, 3.8) is 0 Å². The summed E-state index contributed by atoms with van der Waals surface area (Å²) in [4.78, 5) is 10.00. The van der Waals surface area contributed by atoms with Gasteiger partial charge in [-0.2, -0.15) is 0 Å². The van der Waals surface area contributed by atoms with E-state index in [9.17, 15) is 4.79 Å². The Morgan fingerprint density at radius 3 is 2.15 bits per heavy atom. The molecule has 0 bridgehead atoms. The summed E-state index contributed by atoms with van der Waals surface area (Å²) < 4.78 is 0. The summed E-state index contributed by atoms with van der Waals surface area (Å²) in [6.45, 7) is 7.62. The van der Waals surface area contributed by atoms with Crippen LogP contribution in [-0.2, 0) is 4.79 Å². The van der Waals surface area contributed by atoms with Crippen molar-refractivity contribution < 1.29 is 4.79 Å². The van der Waals surface area contributed by atoms with Crippen LogP contribution in [0.25, 0.3) is 6.08 Å². The van der Waals surface area contributed by atoms with Crippen LogP contribution in [0.15, 0.2) is 30.8 Å². The molecule has 1 rings (SSSR count). The molecule has 0 aliphatic rings. The van der Waals surface area contributed by atoms with E-state index in [-0.39, 0.29) is 0 Å². The Bertz CT molecular complexity index is 251. The highest BCUT2D eigenvalue weighted by Gasteiger charge is 1.87. The second-order valence-corrected chi connectivity index (χ2v) is 2.09. The lowest BCUT2D eigenvalue weighted by Crippen LogP contribution is -1.92. The summed E-state index contributed by atoms with van der Waals surface area (Å²) in [7, 11) is 0. The van der Waals surface area contributed by atoms with E-state index in [1.807, 2.05) is 38.1 Å². The van der Waals surface area contributed by atoms with Crippen LogP contribution in [0, 0.1) is 0 Å². The molecule has 0 aromatic heterocycles. The third-order valence-electron chi connectivity index (χ3n) is 1.37. The second-order valence-electron chi connectivity index (χ2n) is 2.09. The molecule has 2 heteroatoms. The SMILES string of the molecule is C=Cc1ccc(NC=O)cc1.CC. The smallest absolute Gasteiger partial charge is 0.211 e. The molecule has 1 N–H and O–H groups in total. The van der Waals surface area contributed by atoms with E-state index in [0.717, 1.165) is 11.3 Å². The zero-order chi connectivity index (χ0) is 10.1. The number of anilines is 1. The predicted octanol–water partition coefficient (Wildman–Crippen LogP) is 2.92. The zero-order valence-electron chi connectivity index (χ0n) is 8.08. The molecular weight excluding hydrogens is 162 g/mol. The first kappa shape index (κ1) is 11.4. The van der Waals surface area contributed by atoms with Gasteiger partial charge in [-0.05, 0) is 17.7 Å². The van der Waals surface area contributed by atoms with Crippen molar-refractivity contribution in [2.24, 2.45) is 0 Å². The number of rotatable bonds is 3. The summed E-state index contributed by atoms with van der Waals surface area (Å²) in [5.41, 5.74) is 1.84. The highest BCUT2D eigenvalue weighted by atomic mass is 16.1. The van der Waals surface area contributed by atoms with Crippen LogP contribution < -0.4 is 5.32 Å². The fourth-order valence-electron chi connectivity index (χ4n) is 0.783. The summed E-state index contributed by atoms with van der Waals surface area (Å²) in [6.07, 6.45) is 2.41. The van der Waals surface area contributed by atoms with Gasteiger partial charge in [0.05, 0.1) is 0 Å². The maximum atomic E-state index is 10.00. The van der Waals surface area contributed by atoms with Gasteiger partial charge in [0.15, 0.2) is 0 Å². The van der Waals surface area contributed by atoms with E-state index in [2.05, 4.69) is 11.9 Å². The van der Waals surface area contributed by atoms with Crippen LogP contribution in [0.5, 0.6) is 0 Å². The van der Waals surface area contributed by atoms with Gasteiger partial charge in [0.25, 0.3) is 0 Å². The zero-order valence-corrected chi connectivity index (χ0v) is 8.08. The average Bonchev–Trinajstić information content (AvgIpc) is 2.23. The van der Waals surface area contributed by atoms with Gasteiger partial charge in [0.1, 0.15) is 0 Å². The Balaban J connectivity index is 0.000000671. The van der Waals surface area contributed by atoms with Crippen LogP contribution in [-0.4, -0.2) is 6.41 Å². The van der Waals surface area contributed by atoms with Gasteiger partial charge in [0.2, 0.25) is 6.41 Å². The van der Waals surface area contributed by atoms with Crippen molar-refractivity contribution in [1.82, 2.24) is 0 Å². The van der Waals surface area contributed by atoms with Crippen molar-refractivity contribution >= 4 is 18.2 Å². The van der Waals surface area contributed by atoms with Crippen LogP contribution in [0.1, 0.15) is 19.4 Å². The summed E-state index contributed by atoms with van der Waals surface area (Å²) in [6, 6.07) is 7.43. The van der Waals surface area contributed by atoms with Crippen LogP contribution in [0.2, 0.25) is 0 Å². The lowest BCUT2D eigenvalue weighted by atomic mass is 10.2. The largest absolute Gasteiger partial charge is 0.329 e. The molecule has 0 fully saturated rings. The highest BCUT2D eigenvalue weighted by Crippen LogP contribution is 2.08. The Morgan fingerprint density at radius 1 is 1.23 bits per heavy atom. The maximum Gasteiger partial charge on any atom is 0.211 e. The first-order chi connectivity index (χ1) is 6.36. The van der Waals surface area contributed by atoms with Gasteiger partial charge in [0, 0.05) is 5.69 Å². The van der Waals surface area contributed by atoms with Gasteiger partial charge in [-0.1, -0.05) is 38.6 Å². The quantitative estimate of drug-likeness (QED) is 0.706. The summed E-state index contributed by atoms with van der Waals surface area (Å²) in [5.74, 6) is 0. The van der Waals surface area contributed by atoms with Gasteiger partial charge >= 0.3 is 0 Å². The monoisotopic (exact) mass is 177 g/mol. The molecule has 1 aromatic rings. The average molecular weight is 177 g/mol. The van der Waals surface area contributed by atoms with Crippen LogP contribution >= 0.6 is 0 Å². The Morgan fingerprint density at radius 2 is 1.77 bits per heavy atom. The van der Waals surface area contributed by atoms with Crippen molar-refractivity contribution in [2.45, 2.75) is 13.8 Å². The molecule has 1 aromatic carbocycles. The van der Waals surface area contributed by atoms with Gasteiger partial charge < -0.3 is 5.32 Å². The van der Waals surface area contributed by atoms with E-state index in [4.69, 9.17) is 0 Å². The standard InChI is InChI=1S/C9H9NO.C2H6/c1-2-8-3-5-9(6-4-8)10-7-11;1-2/h2-7H,1H2,(H,10,11);1-2H3. The number of carbonyl (C=O) groups excluding carboxylic acids is 1. The first-order valence-electron chi connectivity index (χ1n) is 4.29. The van der Waals surface area contributed by atoms with E-state index >= 15 is 0 Å². The molecule has 0 saturated heterocycles. The topological polar surface area (TPSA) is 29.1 Å². The normalized spacial score (nSPS) is 7.85. The molecule has 0 aliphatic heterocycles. The molecule has 0 aliphatic carbocycles. The van der Waals surface area contributed by atoms with E-state index in [0.29, 0.717) is 6.41 Å². The third-order valence-corrected chi connectivity index (χ3v) is 1.37. The molecular formula is C11H15NO. The summed E-state index contributed by atoms with van der Waals surface area (Å²) in [5, 5.41) is 2.54. The molecule has 13 heavy (non-hydrogen) atoms. The summed E-state index contributed by atoms with van der Waals surface area (Å²) >= 11 is 0. The fraction of sp³-hybridized carbons (Fsp3) is 0.182. The van der Waals surface area contributed by atoms with E-state index in [1.165, 1.54) is 0 Å². The number of amides is 1. The number of nitrogens with one attached hydrogen (secondary N) is 1. The number of benzene rings is 1. The highest BCUT2D eigenvalue weighted by molar-refractivity contribution is 5.71. The van der Waals surface area contributed by atoms with Crippen molar-refractivity contribution in [1.29, 1.82) is 0 Å². The van der Waals surface area contributed by atoms with Crippen LogP contribution in [0.3, 0.4) is 0 Å². The molecule has 70 valence electrons. The molecule has 0 unspecified atom stereocenters. The Kier molecular flexibility index (Phi) is 6.24. The second kappa shape index (κ2) is 7.10. The molecule has 1 amide bonds. The molecule has 0 saturated carbocycles. The van der Waals surface area contributed by atoms with Gasteiger partial charge in [-0.15, -0.1) is 0 Å².